The lowest BCUT2D eigenvalue weighted by atomic mass is 10.1. The Bertz CT molecular complexity index is 857. The van der Waals surface area contributed by atoms with Gasteiger partial charge in [-0.05, 0) is 36.4 Å². The number of ether oxygens (including phenoxy) is 1. The lowest BCUT2D eigenvalue weighted by Crippen LogP contribution is -2.40. The van der Waals surface area contributed by atoms with E-state index < -0.39 is 24.4 Å². The van der Waals surface area contributed by atoms with Crippen LogP contribution in [-0.4, -0.2) is 67.1 Å². The summed E-state index contributed by atoms with van der Waals surface area (Å²) in [6.07, 6.45) is -4.18. The molecular formula is C22H27N3O5. The van der Waals surface area contributed by atoms with Crippen LogP contribution < -0.4 is 15.5 Å². The summed E-state index contributed by atoms with van der Waals surface area (Å²) >= 11 is 0. The summed E-state index contributed by atoms with van der Waals surface area (Å²) in [5.41, 5.74) is 2.09. The molecule has 0 bridgehead atoms. The molecule has 8 heteroatoms. The molecule has 1 fully saturated rings. The second-order valence-electron chi connectivity index (χ2n) is 7.46. The average Bonchev–Trinajstić information content (AvgIpc) is 3.00. The van der Waals surface area contributed by atoms with Crippen LogP contribution in [0.1, 0.15) is 16.8 Å². The molecule has 0 aromatic heterocycles. The highest BCUT2D eigenvalue weighted by atomic mass is 16.5. The van der Waals surface area contributed by atoms with Crippen molar-refractivity contribution in [1.82, 2.24) is 5.32 Å². The first kappa shape index (κ1) is 21.8. The van der Waals surface area contributed by atoms with Crippen LogP contribution in [0.15, 0.2) is 54.6 Å². The standard InChI is InChI=1S/C22H27N3O5/c1-25(2)16-10-8-14(9-11-16)22(29)23-13-18-21(28)20(27)17(30-18)12-19(26)24-15-6-4-3-5-7-15/h3-11,17-18,20-21,27-28H,12-13H2,1-2H3,(H,23,29)(H,24,26)/t17-,18-,20-,21+/m0/s1. The second kappa shape index (κ2) is 9.71. The predicted molar refractivity (Wildman–Crippen MR) is 113 cm³/mol. The van der Waals surface area contributed by atoms with Crippen molar-refractivity contribution in [2.24, 2.45) is 0 Å². The predicted octanol–water partition coefficient (Wildman–Crippen LogP) is 1.00. The van der Waals surface area contributed by atoms with Gasteiger partial charge in [-0.15, -0.1) is 0 Å². The van der Waals surface area contributed by atoms with Crippen LogP contribution in [0.3, 0.4) is 0 Å². The van der Waals surface area contributed by atoms with Crippen molar-refractivity contribution in [2.75, 3.05) is 30.9 Å². The summed E-state index contributed by atoms with van der Waals surface area (Å²) < 4.78 is 5.65. The number of amides is 2. The lowest BCUT2D eigenvalue weighted by Gasteiger charge is -2.16. The zero-order valence-corrected chi connectivity index (χ0v) is 17.0. The molecule has 1 heterocycles. The zero-order chi connectivity index (χ0) is 21.7. The van der Waals surface area contributed by atoms with E-state index in [9.17, 15) is 19.8 Å². The summed E-state index contributed by atoms with van der Waals surface area (Å²) in [7, 11) is 3.82. The van der Waals surface area contributed by atoms with E-state index in [1.165, 1.54) is 0 Å². The van der Waals surface area contributed by atoms with E-state index in [0.717, 1.165) is 5.69 Å². The number of nitrogens with one attached hydrogen (secondary N) is 2. The first-order chi connectivity index (χ1) is 14.3. The highest BCUT2D eigenvalue weighted by Gasteiger charge is 2.43. The monoisotopic (exact) mass is 413 g/mol. The van der Waals surface area contributed by atoms with Gasteiger partial charge in [0.15, 0.2) is 0 Å². The van der Waals surface area contributed by atoms with E-state index in [1.54, 1.807) is 36.4 Å². The van der Waals surface area contributed by atoms with E-state index >= 15 is 0 Å². The van der Waals surface area contributed by atoms with Crippen molar-refractivity contribution in [1.29, 1.82) is 0 Å². The van der Waals surface area contributed by atoms with E-state index in [1.807, 2.05) is 37.2 Å². The minimum absolute atomic E-state index is 0.0172. The summed E-state index contributed by atoms with van der Waals surface area (Å²) in [4.78, 5) is 26.5. The first-order valence-electron chi connectivity index (χ1n) is 9.77. The zero-order valence-electron chi connectivity index (χ0n) is 17.0. The minimum atomic E-state index is -1.21. The molecular weight excluding hydrogens is 386 g/mol. The van der Waals surface area contributed by atoms with Gasteiger partial charge in [0.2, 0.25) is 5.91 Å². The van der Waals surface area contributed by atoms with Gasteiger partial charge in [-0.25, -0.2) is 0 Å². The van der Waals surface area contributed by atoms with Crippen LogP contribution in [0.5, 0.6) is 0 Å². The Morgan fingerprint density at radius 1 is 0.967 bits per heavy atom. The lowest BCUT2D eigenvalue weighted by molar-refractivity contribution is -0.120. The minimum Gasteiger partial charge on any atom is -0.388 e. The van der Waals surface area contributed by atoms with Crippen molar-refractivity contribution in [3.63, 3.8) is 0 Å². The third-order valence-electron chi connectivity index (χ3n) is 5.02. The molecule has 1 aliphatic rings. The number of aliphatic hydroxyl groups is 2. The number of carbonyl (C=O) groups is 2. The van der Waals surface area contributed by atoms with Gasteiger partial charge in [-0.3, -0.25) is 9.59 Å². The summed E-state index contributed by atoms with van der Waals surface area (Å²) in [5.74, 6) is -0.640. The molecule has 0 radical (unpaired) electrons. The largest absolute Gasteiger partial charge is 0.388 e. The molecule has 4 atom stereocenters. The fourth-order valence-electron chi connectivity index (χ4n) is 3.29. The Morgan fingerprint density at radius 3 is 2.23 bits per heavy atom. The van der Waals surface area contributed by atoms with E-state index in [0.29, 0.717) is 11.3 Å². The Labute approximate surface area is 175 Å². The van der Waals surface area contributed by atoms with E-state index in [2.05, 4.69) is 10.6 Å². The van der Waals surface area contributed by atoms with Gasteiger partial charge in [0, 0.05) is 37.6 Å². The summed E-state index contributed by atoms with van der Waals surface area (Å²) in [6, 6.07) is 16.0. The number of hydrogen-bond acceptors (Lipinski definition) is 6. The molecule has 30 heavy (non-hydrogen) atoms. The Morgan fingerprint density at radius 2 is 1.60 bits per heavy atom. The van der Waals surface area contributed by atoms with Crippen molar-refractivity contribution in [3.05, 3.63) is 60.2 Å². The van der Waals surface area contributed by atoms with Crippen LogP contribution in [-0.2, 0) is 9.53 Å². The van der Waals surface area contributed by atoms with Crippen LogP contribution >= 0.6 is 0 Å². The third kappa shape index (κ3) is 5.35. The normalized spacial score (nSPS) is 23.1. The van der Waals surface area contributed by atoms with Crippen molar-refractivity contribution >= 4 is 23.2 Å². The molecule has 0 aliphatic carbocycles. The van der Waals surface area contributed by atoms with Crippen LogP contribution in [0, 0.1) is 0 Å². The molecule has 4 N–H and O–H groups in total. The van der Waals surface area contributed by atoms with Gasteiger partial charge in [-0.1, -0.05) is 18.2 Å². The molecule has 2 aromatic carbocycles. The maximum Gasteiger partial charge on any atom is 0.251 e. The maximum absolute atomic E-state index is 12.3. The van der Waals surface area contributed by atoms with Crippen LogP contribution in [0.4, 0.5) is 11.4 Å². The summed E-state index contributed by atoms with van der Waals surface area (Å²) in [6.45, 7) is 0.0172. The number of benzene rings is 2. The Hall–Kier alpha value is -2.94. The molecule has 2 aromatic rings. The van der Waals surface area contributed by atoms with Crippen molar-refractivity contribution in [2.45, 2.75) is 30.8 Å². The number of hydrogen-bond donors (Lipinski definition) is 4. The highest BCUT2D eigenvalue weighted by Crippen LogP contribution is 2.24. The fraction of sp³-hybridized carbons (Fsp3) is 0.364. The quantitative estimate of drug-likeness (QED) is 0.539. The highest BCUT2D eigenvalue weighted by molar-refractivity contribution is 5.94. The second-order valence-corrected chi connectivity index (χ2v) is 7.46. The molecule has 3 rings (SSSR count). The molecule has 0 saturated carbocycles. The maximum atomic E-state index is 12.3. The van der Waals surface area contributed by atoms with Gasteiger partial charge >= 0.3 is 0 Å². The molecule has 1 aliphatic heterocycles. The Kier molecular flexibility index (Phi) is 7.04. The average molecular weight is 413 g/mol. The number of rotatable bonds is 7. The number of para-hydroxylation sites is 1. The van der Waals surface area contributed by atoms with Gasteiger partial charge in [0.05, 0.1) is 12.5 Å². The third-order valence-corrected chi connectivity index (χ3v) is 5.02. The molecule has 8 nitrogen and oxygen atoms in total. The number of anilines is 2. The van der Waals surface area contributed by atoms with Crippen LogP contribution in [0.2, 0.25) is 0 Å². The first-order valence-corrected chi connectivity index (χ1v) is 9.77. The fourth-order valence-corrected chi connectivity index (χ4v) is 3.29. The van der Waals surface area contributed by atoms with E-state index in [4.69, 9.17) is 4.74 Å². The van der Waals surface area contributed by atoms with E-state index in [-0.39, 0.29) is 24.8 Å². The SMILES string of the molecule is CN(C)c1ccc(C(=O)NC[C@@H]2O[C@@H](CC(=O)Nc3ccccc3)[C@H](O)[C@@H]2O)cc1. The van der Waals surface area contributed by atoms with Gasteiger partial charge in [0.1, 0.15) is 18.3 Å². The number of nitrogens with zero attached hydrogens (tertiary/aromatic N) is 1. The molecule has 1 saturated heterocycles. The number of aliphatic hydroxyl groups excluding tert-OH is 2. The molecule has 0 spiro atoms. The molecule has 160 valence electrons. The van der Waals surface area contributed by atoms with Crippen molar-refractivity contribution in [3.8, 4) is 0 Å². The molecule has 2 amide bonds. The topological polar surface area (TPSA) is 111 Å². The summed E-state index contributed by atoms with van der Waals surface area (Å²) in [5, 5.41) is 25.9. The van der Waals surface area contributed by atoms with Gasteiger partial charge in [-0.2, -0.15) is 0 Å². The smallest absolute Gasteiger partial charge is 0.251 e. The van der Waals surface area contributed by atoms with Crippen molar-refractivity contribution < 1.29 is 24.5 Å². The molecule has 0 unspecified atom stereocenters. The van der Waals surface area contributed by atoms with Gasteiger partial charge in [0.25, 0.3) is 5.91 Å². The van der Waals surface area contributed by atoms with Gasteiger partial charge < -0.3 is 30.5 Å². The number of carbonyl (C=O) groups excluding carboxylic acids is 2. The Balaban J connectivity index is 1.51. The van der Waals surface area contributed by atoms with Crippen LogP contribution in [0.25, 0.3) is 0 Å².